The fourth-order valence-corrected chi connectivity index (χ4v) is 2.18. The lowest BCUT2D eigenvalue weighted by atomic mass is 9.98. The van der Waals surface area contributed by atoms with Crippen LogP contribution in [-0.4, -0.2) is 26.8 Å². The Morgan fingerprint density at radius 2 is 1.73 bits per heavy atom. The highest BCUT2D eigenvalue weighted by Gasteiger charge is 2.22. The van der Waals surface area contributed by atoms with Gasteiger partial charge in [0.25, 0.3) is 0 Å². The number of esters is 1. The molecule has 0 spiro atoms. The normalized spacial score (nSPS) is 11.6. The molecule has 0 aromatic heterocycles. The van der Waals surface area contributed by atoms with Crippen LogP contribution in [0.1, 0.15) is 17.0 Å². The lowest BCUT2D eigenvalue weighted by molar-refractivity contribution is -0.143. The number of hydrogen-bond acceptors (Lipinski definition) is 4. The molecule has 2 rings (SSSR count). The number of aryl methyl sites for hydroxylation is 1. The third kappa shape index (κ3) is 4.01. The van der Waals surface area contributed by atoms with Gasteiger partial charge in [0.2, 0.25) is 0 Å². The molecule has 0 saturated carbocycles. The molecule has 0 fully saturated rings. The molecule has 0 amide bonds. The topological polar surface area (TPSA) is 44.8 Å². The van der Waals surface area contributed by atoms with Crippen molar-refractivity contribution in [1.82, 2.24) is 0 Å². The predicted molar refractivity (Wildman–Crippen MR) is 84.4 cm³/mol. The van der Waals surface area contributed by atoms with Gasteiger partial charge in [-0.05, 0) is 36.8 Å². The van der Waals surface area contributed by atoms with Gasteiger partial charge in [-0.3, -0.25) is 4.79 Å². The van der Waals surface area contributed by atoms with Gasteiger partial charge in [0.1, 0.15) is 24.0 Å². The lowest BCUT2D eigenvalue weighted by Gasteiger charge is -2.16. The minimum Gasteiger partial charge on any atom is -0.497 e. The smallest absolute Gasteiger partial charge is 0.316 e. The molecule has 116 valence electrons. The molecule has 0 aliphatic rings. The summed E-state index contributed by atoms with van der Waals surface area (Å²) in [5, 5.41) is 0. The SMILES string of the molecule is COC(=O)C(COc1ccc(OC)cc1)c1cccc(C)c1. The average molecular weight is 300 g/mol. The molecule has 2 aromatic carbocycles. The van der Waals surface area contributed by atoms with Crippen LogP contribution in [0.25, 0.3) is 0 Å². The van der Waals surface area contributed by atoms with E-state index in [-0.39, 0.29) is 12.6 Å². The van der Waals surface area contributed by atoms with Gasteiger partial charge < -0.3 is 14.2 Å². The number of hydrogen-bond donors (Lipinski definition) is 0. The van der Waals surface area contributed by atoms with Crippen molar-refractivity contribution >= 4 is 5.97 Å². The Bertz CT molecular complexity index is 619. The summed E-state index contributed by atoms with van der Waals surface area (Å²) in [7, 11) is 3.00. The van der Waals surface area contributed by atoms with Gasteiger partial charge in [-0.2, -0.15) is 0 Å². The number of benzene rings is 2. The van der Waals surface area contributed by atoms with Crippen LogP contribution >= 0.6 is 0 Å². The minimum atomic E-state index is -0.452. The molecule has 0 aliphatic heterocycles. The van der Waals surface area contributed by atoms with Crippen molar-refractivity contribution in [3.05, 3.63) is 59.7 Å². The number of carbonyl (C=O) groups excluding carboxylic acids is 1. The molecule has 4 nitrogen and oxygen atoms in total. The van der Waals surface area contributed by atoms with Crippen molar-refractivity contribution in [2.24, 2.45) is 0 Å². The fraction of sp³-hybridized carbons (Fsp3) is 0.278. The van der Waals surface area contributed by atoms with E-state index in [2.05, 4.69) is 0 Å². The largest absolute Gasteiger partial charge is 0.497 e. The van der Waals surface area contributed by atoms with Crippen LogP contribution in [0.15, 0.2) is 48.5 Å². The van der Waals surface area contributed by atoms with Crippen LogP contribution in [0.2, 0.25) is 0 Å². The van der Waals surface area contributed by atoms with Gasteiger partial charge >= 0.3 is 5.97 Å². The summed E-state index contributed by atoms with van der Waals surface area (Å²) in [5.74, 6) is 0.684. The van der Waals surface area contributed by atoms with E-state index in [9.17, 15) is 4.79 Å². The highest BCUT2D eigenvalue weighted by molar-refractivity contribution is 5.78. The average Bonchev–Trinajstić information content (AvgIpc) is 2.55. The summed E-state index contributed by atoms with van der Waals surface area (Å²) in [6.45, 7) is 2.21. The maximum Gasteiger partial charge on any atom is 0.316 e. The van der Waals surface area contributed by atoms with Gasteiger partial charge in [0.05, 0.1) is 14.2 Å². The van der Waals surface area contributed by atoms with Crippen molar-refractivity contribution in [1.29, 1.82) is 0 Å². The maximum absolute atomic E-state index is 12.0. The summed E-state index contributed by atoms with van der Waals surface area (Å²) in [5.41, 5.74) is 1.98. The minimum absolute atomic E-state index is 0.225. The first-order valence-electron chi connectivity index (χ1n) is 7.05. The van der Waals surface area contributed by atoms with Crippen LogP contribution in [0, 0.1) is 6.92 Å². The van der Waals surface area contributed by atoms with E-state index in [1.54, 1.807) is 7.11 Å². The van der Waals surface area contributed by atoms with Gasteiger partial charge in [-0.1, -0.05) is 29.8 Å². The maximum atomic E-state index is 12.0. The zero-order valence-corrected chi connectivity index (χ0v) is 13.0. The van der Waals surface area contributed by atoms with Crippen LogP contribution in [0.4, 0.5) is 0 Å². The van der Waals surface area contributed by atoms with Gasteiger partial charge in [-0.15, -0.1) is 0 Å². The standard InChI is InChI=1S/C18H20O4/c1-13-5-4-6-14(11-13)17(18(19)21-3)12-22-16-9-7-15(20-2)8-10-16/h4-11,17H,12H2,1-3H3. The number of ether oxygens (including phenoxy) is 3. The first-order chi connectivity index (χ1) is 10.6. The fourth-order valence-electron chi connectivity index (χ4n) is 2.18. The Balaban J connectivity index is 2.11. The zero-order valence-electron chi connectivity index (χ0n) is 13.0. The molecular weight excluding hydrogens is 280 g/mol. The third-order valence-corrected chi connectivity index (χ3v) is 3.41. The Labute approximate surface area is 130 Å². The van der Waals surface area contributed by atoms with E-state index in [4.69, 9.17) is 14.2 Å². The molecular formula is C18H20O4. The van der Waals surface area contributed by atoms with E-state index in [1.165, 1.54) is 7.11 Å². The third-order valence-electron chi connectivity index (χ3n) is 3.41. The van der Waals surface area contributed by atoms with Gasteiger partial charge in [-0.25, -0.2) is 0 Å². The van der Waals surface area contributed by atoms with E-state index >= 15 is 0 Å². The first-order valence-corrected chi connectivity index (χ1v) is 7.05. The van der Waals surface area contributed by atoms with E-state index < -0.39 is 5.92 Å². The van der Waals surface area contributed by atoms with Gasteiger partial charge in [0, 0.05) is 0 Å². The molecule has 1 atom stereocenters. The van der Waals surface area contributed by atoms with E-state index in [0.29, 0.717) is 5.75 Å². The highest BCUT2D eigenvalue weighted by atomic mass is 16.5. The summed E-state index contributed by atoms with van der Waals surface area (Å²) in [4.78, 5) is 12.0. The summed E-state index contributed by atoms with van der Waals surface area (Å²) in [6, 6.07) is 15.0. The molecule has 4 heteroatoms. The molecule has 0 heterocycles. The van der Waals surface area contributed by atoms with Gasteiger partial charge in [0.15, 0.2) is 0 Å². The van der Waals surface area contributed by atoms with Crippen LogP contribution in [0.5, 0.6) is 11.5 Å². The monoisotopic (exact) mass is 300 g/mol. The Hall–Kier alpha value is -2.49. The quantitative estimate of drug-likeness (QED) is 0.768. The summed E-state index contributed by atoms with van der Waals surface area (Å²) < 4.78 is 15.7. The molecule has 0 radical (unpaired) electrons. The van der Waals surface area contributed by atoms with Crippen molar-refractivity contribution in [3.8, 4) is 11.5 Å². The second-order valence-corrected chi connectivity index (χ2v) is 4.98. The van der Waals surface area contributed by atoms with Crippen LogP contribution in [-0.2, 0) is 9.53 Å². The molecule has 0 bridgehead atoms. The van der Waals surface area contributed by atoms with E-state index in [0.717, 1.165) is 16.9 Å². The second kappa shape index (κ2) is 7.50. The van der Waals surface area contributed by atoms with Crippen molar-refractivity contribution < 1.29 is 19.0 Å². The number of carbonyl (C=O) groups is 1. The molecule has 2 aromatic rings. The van der Waals surface area contributed by atoms with Crippen molar-refractivity contribution in [2.75, 3.05) is 20.8 Å². The summed E-state index contributed by atoms with van der Waals surface area (Å²) >= 11 is 0. The van der Waals surface area contributed by atoms with E-state index in [1.807, 2.05) is 55.5 Å². The predicted octanol–water partition coefficient (Wildman–Crippen LogP) is 3.34. The number of methoxy groups -OCH3 is 2. The van der Waals surface area contributed by atoms with Crippen LogP contribution < -0.4 is 9.47 Å². The Morgan fingerprint density at radius 1 is 1.05 bits per heavy atom. The Kier molecular flexibility index (Phi) is 5.42. The lowest BCUT2D eigenvalue weighted by Crippen LogP contribution is -2.21. The number of rotatable bonds is 6. The van der Waals surface area contributed by atoms with Crippen molar-refractivity contribution in [3.63, 3.8) is 0 Å². The van der Waals surface area contributed by atoms with Crippen molar-refractivity contribution in [2.45, 2.75) is 12.8 Å². The second-order valence-electron chi connectivity index (χ2n) is 4.98. The molecule has 0 N–H and O–H groups in total. The van der Waals surface area contributed by atoms with Crippen LogP contribution in [0.3, 0.4) is 0 Å². The molecule has 22 heavy (non-hydrogen) atoms. The molecule has 1 unspecified atom stereocenters. The summed E-state index contributed by atoms with van der Waals surface area (Å²) in [6.07, 6.45) is 0. The zero-order chi connectivity index (χ0) is 15.9. The Morgan fingerprint density at radius 3 is 2.32 bits per heavy atom. The first kappa shape index (κ1) is 15.9. The molecule has 0 aliphatic carbocycles. The molecule has 0 saturated heterocycles. The highest BCUT2D eigenvalue weighted by Crippen LogP contribution is 2.22.